The Morgan fingerprint density at radius 1 is 0.882 bits per heavy atom. The fourth-order valence-electron chi connectivity index (χ4n) is 5.04. The lowest BCUT2D eigenvalue weighted by atomic mass is 10.0. The predicted molar refractivity (Wildman–Crippen MR) is 132 cm³/mol. The number of piperidine rings is 1. The number of hydrogen-bond donors (Lipinski definition) is 0. The van der Waals surface area contributed by atoms with Gasteiger partial charge < -0.3 is 4.90 Å². The maximum atomic E-state index is 13.5. The van der Waals surface area contributed by atoms with Crippen LogP contribution in [0.25, 0.3) is 10.9 Å². The smallest absolute Gasteiger partial charge is 0.243 e. The largest absolute Gasteiger partial charge is 0.339 e. The second-order valence-electron chi connectivity index (χ2n) is 9.03. The van der Waals surface area contributed by atoms with Gasteiger partial charge in [0.15, 0.2) is 0 Å². The summed E-state index contributed by atoms with van der Waals surface area (Å²) in [6, 6.07) is 18.1. The van der Waals surface area contributed by atoms with Crippen molar-refractivity contribution >= 4 is 26.8 Å². The summed E-state index contributed by atoms with van der Waals surface area (Å²) in [6.07, 6.45) is 4.04. The van der Waals surface area contributed by atoms with Crippen LogP contribution in [0, 0.1) is 0 Å². The number of benzene rings is 2. The molecular formula is C26H30N4O3S. The molecule has 0 aliphatic carbocycles. The third-order valence-corrected chi connectivity index (χ3v) is 8.81. The van der Waals surface area contributed by atoms with Gasteiger partial charge in [0.25, 0.3) is 0 Å². The van der Waals surface area contributed by atoms with E-state index in [1.165, 1.54) is 9.87 Å². The number of nitrogens with zero attached hydrogens (tertiary/aromatic N) is 4. The normalized spacial score (nSPS) is 20.5. The number of pyridine rings is 1. The van der Waals surface area contributed by atoms with Gasteiger partial charge in [-0.1, -0.05) is 48.9 Å². The third-order valence-electron chi connectivity index (χ3n) is 6.88. The summed E-state index contributed by atoms with van der Waals surface area (Å²) >= 11 is 0. The van der Waals surface area contributed by atoms with E-state index in [4.69, 9.17) is 0 Å². The Morgan fingerprint density at radius 3 is 2.44 bits per heavy atom. The van der Waals surface area contributed by atoms with E-state index in [2.05, 4.69) is 34.1 Å². The topological polar surface area (TPSA) is 73.8 Å². The first-order valence-electron chi connectivity index (χ1n) is 11.9. The molecule has 178 valence electrons. The molecule has 2 saturated heterocycles. The highest BCUT2D eigenvalue weighted by Crippen LogP contribution is 2.27. The Labute approximate surface area is 201 Å². The number of carbonyl (C=O) groups excluding carboxylic acids is 1. The quantitative estimate of drug-likeness (QED) is 0.563. The van der Waals surface area contributed by atoms with Crippen LogP contribution in [-0.4, -0.2) is 72.2 Å². The molecule has 2 aliphatic rings. The second kappa shape index (κ2) is 9.82. The molecular weight excluding hydrogens is 448 g/mol. The van der Waals surface area contributed by atoms with Crippen LogP contribution >= 0.6 is 0 Å². The standard InChI is InChI=1S/C26H30N4O3S/c31-26(24-13-4-5-15-30(24)34(32,33)23-11-2-1-3-12-23)29-18-16-28(17-19-29)20-22-9-6-8-21-10-7-14-27-25(21)22/h1-3,6-12,14,24H,4-5,13,15-20H2. The Kier molecular flexibility index (Phi) is 6.63. The Balaban J connectivity index is 1.26. The van der Waals surface area contributed by atoms with Crippen LogP contribution in [0.2, 0.25) is 0 Å². The van der Waals surface area contributed by atoms with E-state index in [-0.39, 0.29) is 10.8 Å². The van der Waals surface area contributed by atoms with E-state index in [0.29, 0.717) is 26.1 Å². The van der Waals surface area contributed by atoms with Gasteiger partial charge >= 0.3 is 0 Å². The minimum Gasteiger partial charge on any atom is -0.339 e. The lowest BCUT2D eigenvalue weighted by Gasteiger charge is -2.40. The van der Waals surface area contributed by atoms with Crippen LogP contribution < -0.4 is 0 Å². The maximum Gasteiger partial charge on any atom is 0.243 e. The van der Waals surface area contributed by atoms with Crippen LogP contribution in [0.5, 0.6) is 0 Å². The summed E-state index contributed by atoms with van der Waals surface area (Å²) < 4.78 is 28.0. The first kappa shape index (κ1) is 23.0. The van der Waals surface area contributed by atoms with Gasteiger partial charge in [0.05, 0.1) is 10.4 Å². The zero-order chi connectivity index (χ0) is 23.5. The number of para-hydroxylation sites is 1. The predicted octanol–water partition coefficient (Wildman–Crippen LogP) is 3.12. The molecule has 2 aliphatic heterocycles. The average Bonchev–Trinajstić information content (AvgIpc) is 2.89. The number of hydrogen-bond acceptors (Lipinski definition) is 5. The molecule has 7 nitrogen and oxygen atoms in total. The molecule has 2 fully saturated rings. The lowest BCUT2D eigenvalue weighted by Crippen LogP contribution is -2.56. The maximum absolute atomic E-state index is 13.5. The fraction of sp³-hybridized carbons (Fsp3) is 0.385. The molecule has 0 spiro atoms. The molecule has 1 aromatic heterocycles. The van der Waals surface area contributed by atoms with E-state index in [1.54, 1.807) is 30.3 Å². The van der Waals surface area contributed by atoms with Crippen molar-refractivity contribution < 1.29 is 13.2 Å². The van der Waals surface area contributed by atoms with Gasteiger partial charge in [-0.25, -0.2) is 8.42 Å². The fourth-order valence-corrected chi connectivity index (χ4v) is 6.71. The summed E-state index contributed by atoms with van der Waals surface area (Å²) in [7, 11) is -3.70. The summed E-state index contributed by atoms with van der Waals surface area (Å²) in [4.78, 5) is 22.5. The molecule has 1 unspecified atom stereocenters. The molecule has 3 heterocycles. The van der Waals surface area contributed by atoms with Crippen LogP contribution in [0.15, 0.2) is 71.8 Å². The minimum absolute atomic E-state index is 0.0642. The van der Waals surface area contributed by atoms with Crippen LogP contribution in [0.1, 0.15) is 24.8 Å². The Bertz CT molecular complexity index is 1250. The van der Waals surface area contributed by atoms with Crippen molar-refractivity contribution in [2.24, 2.45) is 0 Å². The number of fused-ring (bicyclic) bond motifs is 1. The number of amides is 1. The van der Waals surface area contributed by atoms with Crippen LogP contribution in [0.3, 0.4) is 0 Å². The van der Waals surface area contributed by atoms with E-state index < -0.39 is 16.1 Å². The molecule has 2 aromatic carbocycles. The molecule has 1 atom stereocenters. The van der Waals surface area contributed by atoms with Gasteiger partial charge in [-0.05, 0) is 36.6 Å². The average molecular weight is 479 g/mol. The van der Waals surface area contributed by atoms with Gasteiger partial charge in [-0.3, -0.25) is 14.7 Å². The monoisotopic (exact) mass is 478 g/mol. The van der Waals surface area contributed by atoms with E-state index >= 15 is 0 Å². The van der Waals surface area contributed by atoms with Crippen molar-refractivity contribution in [2.75, 3.05) is 32.7 Å². The summed E-state index contributed by atoms with van der Waals surface area (Å²) in [5, 5.41) is 1.13. The first-order valence-corrected chi connectivity index (χ1v) is 13.4. The van der Waals surface area contributed by atoms with Crippen LogP contribution in [-0.2, 0) is 21.4 Å². The summed E-state index contributed by atoms with van der Waals surface area (Å²) in [5.41, 5.74) is 2.21. The van der Waals surface area contributed by atoms with Gasteiger partial charge in [0, 0.05) is 50.9 Å². The van der Waals surface area contributed by atoms with E-state index in [0.717, 1.165) is 43.4 Å². The molecule has 3 aromatic rings. The SMILES string of the molecule is O=C(C1CCCCN1S(=O)(=O)c1ccccc1)N1CCN(Cc2cccc3cccnc23)CC1. The molecule has 5 rings (SSSR count). The number of carbonyl (C=O) groups is 1. The van der Waals surface area contributed by atoms with Crippen molar-refractivity contribution in [1.29, 1.82) is 0 Å². The van der Waals surface area contributed by atoms with Crippen molar-refractivity contribution in [2.45, 2.75) is 36.7 Å². The summed E-state index contributed by atoms with van der Waals surface area (Å²) in [5.74, 6) is -0.0642. The number of rotatable bonds is 5. The van der Waals surface area contributed by atoms with E-state index in [1.807, 2.05) is 17.2 Å². The molecule has 8 heteroatoms. The number of aromatic nitrogens is 1. The molecule has 0 bridgehead atoms. The molecule has 0 saturated carbocycles. The molecule has 0 radical (unpaired) electrons. The lowest BCUT2D eigenvalue weighted by molar-refractivity contribution is -0.138. The van der Waals surface area contributed by atoms with E-state index in [9.17, 15) is 13.2 Å². The van der Waals surface area contributed by atoms with Crippen molar-refractivity contribution in [3.8, 4) is 0 Å². The van der Waals surface area contributed by atoms with Crippen LogP contribution in [0.4, 0.5) is 0 Å². The molecule has 1 amide bonds. The van der Waals surface area contributed by atoms with Crippen molar-refractivity contribution in [3.63, 3.8) is 0 Å². The number of piperazine rings is 1. The van der Waals surface area contributed by atoms with Gasteiger partial charge in [0.2, 0.25) is 15.9 Å². The zero-order valence-corrected chi connectivity index (χ0v) is 20.0. The number of sulfonamides is 1. The highest BCUT2D eigenvalue weighted by Gasteiger charge is 2.40. The van der Waals surface area contributed by atoms with Gasteiger partial charge in [0.1, 0.15) is 6.04 Å². The van der Waals surface area contributed by atoms with Crippen molar-refractivity contribution in [3.05, 3.63) is 72.4 Å². The molecule has 34 heavy (non-hydrogen) atoms. The Morgan fingerprint density at radius 2 is 1.65 bits per heavy atom. The third kappa shape index (κ3) is 4.58. The minimum atomic E-state index is -3.70. The second-order valence-corrected chi connectivity index (χ2v) is 10.9. The Hall–Kier alpha value is -2.81. The van der Waals surface area contributed by atoms with Crippen molar-refractivity contribution in [1.82, 2.24) is 19.1 Å². The highest BCUT2D eigenvalue weighted by atomic mass is 32.2. The van der Waals surface area contributed by atoms with Gasteiger partial charge in [-0.2, -0.15) is 4.31 Å². The summed E-state index contributed by atoms with van der Waals surface area (Å²) in [6.45, 7) is 3.90. The highest BCUT2D eigenvalue weighted by molar-refractivity contribution is 7.89. The zero-order valence-electron chi connectivity index (χ0n) is 19.2. The molecule has 0 N–H and O–H groups in total. The first-order chi connectivity index (χ1) is 16.5. The van der Waals surface area contributed by atoms with Gasteiger partial charge in [-0.15, -0.1) is 0 Å².